The van der Waals surface area contributed by atoms with Crippen LogP contribution in [0.15, 0.2) is 24.3 Å². The summed E-state index contributed by atoms with van der Waals surface area (Å²) < 4.78 is 0. The maximum absolute atomic E-state index is 12.0. The number of hydrogen-bond donors (Lipinski definition) is 1. The van der Waals surface area contributed by atoms with Gasteiger partial charge in [-0.2, -0.15) is 5.26 Å². The molecule has 0 aliphatic heterocycles. The second kappa shape index (κ2) is 7.80. The van der Waals surface area contributed by atoms with Crippen molar-refractivity contribution in [3.63, 3.8) is 0 Å². The Morgan fingerprint density at radius 1 is 1.43 bits per heavy atom. The summed E-state index contributed by atoms with van der Waals surface area (Å²) in [4.78, 5) is 14.5. The molecule has 1 fully saturated rings. The summed E-state index contributed by atoms with van der Waals surface area (Å²) in [5.41, 5.74) is 1.26. The summed E-state index contributed by atoms with van der Waals surface area (Å²) in [5, 5.41) is 11.7. The quantitative estimate of drug-likeness (QED) is 0.798. The van der Waals surface area contributed by atoms with E-state index < -0.39 is 0 Å². The molecule has 112 valence electrons. The zero-order valence-corrected chi connectivity index (χ0v) is 12.6. The molecule has 1 aliphatic carbocycles. The van der Waals surface area contributed by atoms with E-state index in [1.165, 1.54) is 25.7 Å². The summed E-state index contributed by atoms with van der Waals surface area (Å²) in [5.74, 6) is 0.0206. The van der Waals surface area contributed by atoms with Gasteiger partial charge < -0.3 is 5.32 Å². The van der Waals surface area contributed by atoms with Gasteiger partial charge in [-0.25, -0.2) is 0 Å². The van der Waals surface area contributed by atoms with Crippen molar-refractivity contribution in [2.24, 2.45) is 0 Å². The van der Waals surface area contributed by atoms with E-state index in [9.17, 15) is 4.79 Å². The summed E-state index contributed by atoms with van der Waals surface area (Å²) in [6, 6.07) is 9.81. The number of carbonyl (C=O) groups is 1. The molecule has 21 heavy (non-hydrogen) atoms. The molecular formula is C17H23N3O. The Hall–Kier alpha value is -1.86. The lowest BCUT2D eigenvalue weighted by atomic mass is 10.2. The minimum absolute atomic E-state index is 0.0206. The van der Waals surface area contributed by atoms with Gasteiger partial charge in [0.25, 0.3) is 0 Å². The van der Waals surface area contributed by atoms with Crippen LogP contribution in [-0.4, -0.2) is 29.9 Å². The molecule has 0 saturated heterocycles. The fourth-order valence-electron chi connectivity index (χ4n) is 2.41. The maximum Gasteiger partial charge on any atom is 0.225 e. The Morgan fingerprint density at radius 2 is 2.24 bits per heavy atom. The van der Waals surface area contributed by atoms with Crippen molar-refractivity contribution < 1.29 is 4.79 Å². The topological polar surface area (TPSA) is 56.1 Å². The molecule has 1 aromatic rings. The number of benzene rings is 1. The van der Waals surface area contributed by atoms with Crippen LogP contribution >= 0.6 is 0 Å². The molecule has 4 nitrogen and oxygen atoms in total. The van der Waals surface area contributed by atoms with E-state index in [0.29, 0.717) is 23.7 Å². The number of carbonyl (C=O) groups excluding carboxylic acids is 1. The molecule has 4 heteroatoms. The van der Waals surface area contributed by atoms with Gasteiger partial charge in [0.05, 0.1) is 11.6 Å². The Kier molecular flexibility index (Phi) is 5.77. The second-order valence-corrected chi connectivity index (χ2v) is 5.61. The molecule has 0 aromatic heterocycles. The molecule has 0 bridgehead atoms. The first kappa shape index (κ1) is 15.5. The van der Waals surface area contributed by atoms with Gasteiger partial charge in [0.2, 0.25) is 5.91 Å². The molecule has 1 saturated carbocycles. The number of rotatable bonds is 8. The smallest absolute Gasteiger partial charge is 0.225 e. The number of nitrogens with one attached hydrogen (secondary N) is 1. The van der Waals surface area contributed by atoms with Crippen molar-refractivity contribution in [3.05, 3.63) is 29.8 Å². The van der Waals surface area contributed by atoms with Crippen molar-refractivity contribution in [3.8, 4) is 6.07 Å². The van der Waals surface area contributed by atoms with Crippen LogP contribution in [0.4, 0.5) is 5.69 Å². The Morgan fingerprint density at radius 3 is 2.90 bits per heavy atom. The number of unbranched alkanes of at least 4 members (excludes halogenated alkanes) is 1. The van der Waals surface area contributed by atoms with Crippen LogP contribution in [0.5, 0.6) is 0 Å². The molecule has 0 atom stereocenters. The standard InChI is InChI=1S/C17H23N3O/c1-2-3-10-20(16-7-8-16)11-9-17(21)19-15-6-4-5-14(12-15)13-18/h4-6,12,16H,2-3,7-11H2,1H3,(H,19,21). The van der Waals surface area contributed by atoms with Crippen LogP contribution in [0.1, 0.15) is 44.6 Å². The highest BCUT2D eigenvalue weighted by Crippen LogP contribution is 2.27. The van der Waals surface area contributed by atoms with E-state index in [1.54, 1.807) is 18.2 Å². The lowest BCUT2D eigenvalue weighted by Crippen LogP contribution is -2.30. The number of nitrogens with zero attached hydrogens (tertiary/aromatic N) is 2. The first-order valence-electron chi connectivity index (χ1n) is 7.77. The van der Waals surface area contributed by atoms with Crippen molar-refractivity contribution >= 4 is 11.6 Å². The molecule has 1 aliphatic rings. The Labute approximate surface area is 126 Å². The van der Waals surface area contributed by atoms with E-state index in [2.05, 4.69) is 23.2 Å². The highest BCUT2D eigenvalue weighted by atomic mass is 16.1. The molecule has 0 spiro atoms. The van der Waals surface area contributed by atoms with Gasteiger partial charge in [0, 0.05) is 24.7 Å². The highest BCUT2D eigenvalue weighted by Gasteiger charge is 2.28. The van der Waals surface area contributed by atoms with Crippen molar-refractivity contribution in [2.75, 3.05) is 18.4 Å². The third-order valence-electron chi connectivity index (χ3n) is 3.76. The van der Waals surface area contributed by atoms with Crippen LogP contribution in [0.25, 0.3) is 0 Å². The van der Waals surface area contributed by atoms with E-state index in [4.69, 9.17) is 5.26 Å². The van der Waals surface area contributed by atoms with Crippen LogP contribution in [-0.2, 0) is 4.79 Å². The lowest BCUT2D eigenvalue weighted by molar-refractivity contribution is -0.116. The first-order chi connectivity index (χ1) is 10.2. The summed E-state index contributed by atoms with van der Waals surface area (Å²) in [6.45, 7) is 4.12. The maximum atomic E-state index is 12.0. The van der Waals surface area contributed by atoms with Crippen LogP contribution in [0, 0.1) is 11.3 Å². The van der Waals surface area contributed by atoms with Crippen molar-refractivity contribution in [2.45, 2.75) is 45.1 Å². The van der Waals surface area contributed by atoms with Gasteiger partial charge in [-0.05, 0) is 44.0 Å². The minimum atomic E-state index is 0.0206. The number of nitriles is 1. The average molecular weight is 285 g/mol. The molecule has 2 rings (SSSR count). The van der Waals surface area contributed by atoms with Gasteiger partial charge in [-0.1, -0.05) is 19.4 Å². The van der Waals surface area contributed by atoms with Gasteiger partial charge in [0.15, 0.2) is 0 Å². The van der Waals surface area contributed by atoms with Crippen molar-refractivity contribution in [1.82, 2.24) is 4.90 Å². The molecule has 0 heterocycles. The second-order valence-electron chi connectivity index (χ2n) is 5.61. The third-order valence-corrected chi connectivity index (χ3v) is 3.76. The molecule has 0 unspecified atom stereocenters. The number of anilines is 1. The molecular weight excluding hydrogens is 262 g/mol. The van der Waals surface area contributed by atoms with E-state index >= 15 is 0 Å². The normalized spacial score (nSPS) is 14.0. The van der Waals surface area contributed by atoms with Gasteiger partial charge in [0.1, 0.15) is 0 Å². The lowest BCUT2D eigenvalue weighted by Gasteiger charge is -2.21. The molecule has 1 N–H and O–H groups in total. The Balaban J connectivity index is 1.79. The van der Waals surface area contributed by atoms with Crippen LogP contribution in [0.2, 0.25) is 0 Å². The predicted octanol–water partition coefficient (Wildman–Crippen LogP) is 3.15. The monoisotopic (exact) mass is 285 g/mol. The predicted molar refractivity (Wildman–Crippen MR) is 83.9 cm³/mol. The number of hydrogen-bond acceptors (Lipinski definition) is 3. The highest BCUT2D eigenvalue weighted by molar-refractivity contribution is 5.90. The zero-order chi connectivity index (χ0) is 15.1. The largest absolute Gasteiger partial charge is 0.326 e. The zero-order valence-electron chi connectivity index (χ0n) is 12.6. The summed E-state index contributed by atoms with van der Waals surface area (Å²) in [6.07, 6.45) is 5.45. The average Bonchev–Trinajstić information content (AvgIpc) is 3.32. The van der Waals surface area contributed by atoms with Crippen molar-refractivity contribution in [1.29, 1.82) is 5.26 Å². The minimum Gasteiger partial charge on any atom is -0.326 e. The van der Waals surface area contributed by atoms with Gasteiger partial charge >= 0.3 is 0 Å². The van der Waals surface area contributed by atoms with Crippen LogP contribution in [0.3, 0.4) is 0 Å². The fraction of sp³-hybridized carbons (Fsp3) is 0.529. The summed E-state index contributed by atoms with van der Waals surface area (Å²) in [7, 11) is 0. The van der Waals surface area contributed by atoms with E-state index in [0.717, 1.165) is 13.1 Å². The van der Waals surface area contributed by atoms with E-state index in [-0.39, 0.29) is 5.91 Å². The SMILES string of the molecule is CCCCN(CCC(=O)Nc1cccc(C#N)c1)C1CC1. The molecule has 1 amide bonds. The Bertz CT molecular complexity index is 517. The van der Waals surface area contributed by atoms with E-state index in [1.807, 2.05) is 6.07 Å². The van der Waals surface area contributed by atoms with Crippen LogP contribution < -0.4 is 5.32 Å². The molecule has 0 radical (unpaired) electrons. The van der Waals surface area contributed by atoms with Gasteiger partial charge in [-0.15, -0.1) is 0 Å². The van der Waals surface area contributed by atoms with Gasteiger partial charge in [-0.3, -0.25) is 9.69 Å². The first-order valence-corrected chi connectivity index (χ1v) is 7.77. The third kappa shape index (κ3) is 5.20. The summed E-state index contributed by atoms with van der Waals surface area (Å²) >= 11 is 0. The fourth-order valence-corrected chi connectivity index (χ4v) is 2.41. The number of amides is 1. The molecule has 1 aromatic carbocycles.